The molecule has 0 unspecified atom stereocenters. The Morgan fingerprint density at radius 2 is 1.75 bits per heavy atom. The number of benzene rings is 1. The van der Waals surface area contributed by atoms with Crippen molar-refractivity contribution in [2.45, 2.75) is 33.1 Å². The van der Waals surface area contributed by atoms with Crippen LogP contribution in [-0.2, 0) is 5.41 Å². The van der Waals surface area contributed by atoms with Crippen molar-refractivity contribution in [2.75, 3.05) is 11.9 Å². The number of nitrogens with one attached hydrogen (secondary N) is 1. The fourth-order valence-electron chi connectivity index (χ4n) is 1.94. The Morgan fingerprint density at radius 1 is 1.10 bits per heavy atom. The van der Waals surface area contributed by atoms with Gasteiger partial charge in [0.2, 0.25) is 0 Å². The fraction of sp³-hybridized carbons (Fsp3) is 0.375. The second-order valence-corrected chi connectivity index (χ2v) is 6.50. The van der Waals surface area contributed by atoms with E-state index in [1.807, 2.05) is 30.3 Å². The molecule has 1 aromatic heterocycles. The highest BCUT2D eigenvalue weighted by Gasteiger charge is 2.23. The van der Waals surface area contributed by atoms with Crippen LogP contribution in [0.5, 0.6) is 0 Å². The van der Waals surface area contributed by atoms with Gasteiger partial charge in [0.25, 0.3) is 0 Å². The predicted octanol–water partition coefficient (Wildman–Crippen LogP) is 4.64. The molecule has 0 aliphatic rings. The van der Waals surface area contributed by atoms with Crippen molar-refractivity contribution >= 4 is 21.7 Å². The van der Waals surface area contributed by atoms with Gasteiger partial charge in [-0.3, -0.25) is 0 Å². The van der Waals surface area contributed by atoms with E-state index in [4.69, 9.17) is 4.98 Å². The number of rotatable bonds is 3. The third kappa shape index (κ3) is 3.18. The van der Waals surface area contributed by atoms with E-state index < -0.39 is 0 Å². The Labute approximate surface area is 129 Å². The molecule has 0 fully saturated rings. The third-order valence-electron chi connectivity index (χ3n) is 2.94. The molecule has 0 saturated carbocycles. The molecule has 1 N–H and O–H groups in total. The van der Waals surface area contributed by atoms with E-state index >= 15 is 0 Å². The van der Waals surface area contributed by atoms with Gasteiger partial charge in [0.15, 0.2) is 5.82 Å². The minimum Gasteiger partial charge on any atom is -0.369 e. The quantitative estimate of drug-likeness (QED) is 0.889. The summed E-state index contributed by atoms with van der Waals surface area (Å²) in [5, 5.41) is 3.30. The van der Waals surface area contributed by atoms with Crippen molar-refractivity contribution in [3.63, 3.8) is 0 Å². The first-order valence-corrected chi connectivity index (χ1v) is 7.60. The lowest BCUT2D eigenvalue weighted by molar-refractivity contribution is 0.564. The topological polar surface area (TPSA) is 37.8 Å². The van der Waals surface area contributed by atoms with Gasteiger partial charge < -0.3 is 5.32 Å². The maximum absolute atomic E-state index is 4.76. The van der Waals surface area contributed by atoms with Crippen LogP contribution in [0.1, 0.15) is 33.4 Å². The Hall–Kier alpha value is -1.42. The molecule has 0 radical (unpaired) electrons. The molecule has 20 heavy (non-hydrogen) atoms. The van der Waals surface area contributed by atoms with Gasteiger partial charge in [-0.15, -0.1) is 0 Å². The third-order valence-corrected chi connectivity index (χ3v) is 3.69. The summed E-state index contributed by atoms with van der Waals surface area (Å²) < 4.78 is 0.950. The van der Waals surface area contributed by atoms with Crippen molar-refractivity contribution < 1.29 is 0 Å². The van der Waals surface area contributed by atoms with Gasteiger partial charge in [0.1, 0.15) is 5.82 Å². The second kappa shape index (κ2) is 5.92. The van der Waals surface area contributed by atoms with Gasteiger partial charge in [-0.25, -0.2) is 9.97 Å². The molecule has 0 spiro atoms. The van der Waals surface area contributed by atoms with Crippen LogP contribution in [0, 0.1) is 0 Å². The molecule has 2 rings (SSSR count). The summed E-state index contributed by atoms with van der Waals surface area (Å²) in [6.45, 7) is 9.36. The number of hydrogen-bond acceptors (Lipinski definition) is 3. The van der Waals surface area contributed by atoms with Crippen molar-refractivity contribution in [1.82, 2.24) is 9.97 Å². The molecule has 0 saturated heterocycles. The van der Waals surface area contributed by atoms with Crippen LogP contribution in [-0.4, -0.2) is 16.5 Å². The molecule has 0 aliphatic heterocycles. The van der Waals surface area contributed by atoms with Crippen LogP contribution in [0.4, 0.5) is 5.82 Å². The molecule has 0 amide bonds. The van der Waals surface area contributed by atoms with Crippen LogP contribution < -0.4 is 5.32 Å². The predicted molar refractivity (Wildman–Crippen MR) is 88.0 cm³/mol. The largest absolute Gasteiger partial charge is 0.369 e. The van der Waals surface area contributed by atoms with Gasteiger partial charge in [0.05, 0.1) is 10.2 Å². The summed E-state index contributed by atoms with van der Waals surface area (Å²) >= 11 is 3.64. The lowest BCUT2D eigenvalue weighted by Crippen LogP contribution is -2.17. The van der Waals surface area contributed by atoms with Crippen molar-refractivity contribution in [2.24, 2.45) is 0 Å². The van der Waals surface area contributed by atoms with Crippen LogP contribution in [0.15, 0.2) is 34.8 Å². The van der Waals surface area contributed by atoms with E-state index in [9.17, 15) is 0 Å². The van der Waals surface area contributed by atoms with E-state index in [1.54, 1.807) is 0 Å². The maximum atomic E-state index is 4.76. The molecule has 1 heterocycles. The summed E-state index contributed by atoms with van der Waals surface area (Å²) in [5.41, 5.74) is 2.00. The first-order chi connectivity index (χ1) is 9.43. The Balaban J connectivity index is 2.62. The molecule has 106 valence electrons. The standard InChI is InChI=1S/C16H20BrN3/c1-5-18-15-12(17)13(16(2,3)4)19-14(20-15)11-9-7-6-8-10-11/h6-10H,5H2,1-4H3,(H,18,19,20). The van der Waals surface area contributed by atoms with E-state index in [1.165, 1.54) is 0 Å². The van der Waals surface area contributed by atoms with Gasteiger partial charge >= 0.3 is 0 Å². The van der Waals surface area contributed by atoms with E-state index in [2.05, 4.69) is 53.9 Å². The van der Waals surface area contributed by atoms with Gasteiger partial charge in [0, 0.05) is 17.5 Å². The second-order valence-electron chi connectivity index (χ2n) is 5.70. The smallest absolute Gasteiger partial charge is 0.161 e. The summed E-state index contributed by atoms with van der Waals surface area (Å²) in [7, 11) is 0. The van der Waals surface area contributed by atoms with Gasteiger partial charge in [-0.2, -0.15) is 0 Å². The summed E-state index contributed by atoms with van der Waals surface area (Å²) in [6, 6.07) is 10.1. The zero-order valence-corrected chi connectivity index (χ0v) is 14.0. The highest BCUT2D eigenvalue weighted by atomic mass is 79.9. The molecule has 2 aromatic rings. The SMILES string of the molecule is CCNc1nc(-c2ccccc2)nc(C(C)(C)C)c1Br. The highest BCUT2D eigenvalue weighted by Crippen LogP contribution is 2.34. The minimum atomic E-state index is -0.0462. The fourth-order valence-corrected chi connectivity index (χ4v) is 2.86. The lowest BCUT2D eigenvalue weighted by atomic mass is 9.91. The Morgan fingerprint density at radius 3 is 2.30 bits per heavy atom. The average molecular weight is 334 g/mol. The molecular weight excluding hydrogens is 314 g/mol. The first kappa shape index (κ1) is 15.0. The molecule has 0 aliphatic carbocycles. The minimum absolute atomic E-state index is 0.0462. The Bertz CT molecular complexity index is 589. The van der Waals surface area contributed by atoms with Gasteiger partial charge in [-0.1, -0.05) is 51.1 Å². The van der Waals surface area contributed by atoms with E-state index in [0.29, 0.717) is 0 Å². The van der Waals surface area contributed by atoms with E-state index in [0.717, 1.165) is 33.9 Å². The molecule has 1 aromatic carbocycles. The number of hydrogen-bond donors (Lipinski definition) is 1. The van der Waals surface area contributed by atoms with Crippen LogP contribution in [0.3, 0.4) is 0 Å². The zero-order chi connectivity index (χ0) is 14.8. The molecular formula is C16H20BrN3. The molecule has 0 atom stereocenters. The highest BCUT2D eigenvalue weighted by molar-refractivity contribution is 9.10. The van der Waals surface area contributed by atoms with Crippen LogP contribution in [0.25, 0.3) is 11.4 Å². The maximum Gasteiger partial charge on any atom is 0.161 e. The molecule has 3 nitrogen and oxygen atoms in total. The number of halogens is 1. The molecule has 4 heteroatoms. The van der Waals surface area contributed by atoms with Gasteiger partial charge in [-0.05, 0) is 22.9 Å². The number of anilines is 1. The summed E-state index contributed by atoms with van der Waals surface area (Å²) in [5.74, 6) is 1.61. The van der Waals surface area contributed by atoms with Crippen LogP contribution >= 0.6 is 15.9 Å². The summed E-state index contributed by atoms with van der Waals surface area (Å²) in [4.78, 5) is 9.40. The first-order valence-electron chi connectivity index (χ1n) is 6.80. The van der Waals surface area contributed by atoms with Crippen LogP contribution in [0.2, 0.25) is 0 Å². The monoisotopic (exact) mass is 333 g/mol. The normalized spacial score (nSPS) is 11.4. The number of aromatic nitrogens is 2. The average Bonchev–Trinajstić information content (AvgIpc) is 2.41. The zero-order valence-electron chi connectivity index (χ0n) is 12.4. The van der Waals surface area contributed by atoms with E-state index in [-0.39, 0.29) is 5.41 Å². The van der Waals surface area contributed by atoms with Crippen molar-refractivity contribution in [1.29, 1.82) is 0 Å². The lowest BCUT2D eigenvalue weighted by Gasteiger charge is -2.22. The van der Waals surface area contributed by atoms with Crippen molar-refractivity contribution in [3.8, 4) is 11.4 Å². The Kier molecular flexibility index (Phi) is 4.43. The number of nitrogens with zero attached hydrogens (tertiary/aromatic N) is 2. The van der Waals surface area contributed by atoms with Crippen molar-refractivity contribution in [3.05, 3.63) is 40.5 Å². The molecule has 0 bridgehead atoms. The summed E-state index contributed by atoms with van der Waals surface area (Å²) in [6.07, 6.45) is 0.